The number of benzene rings is 1. The van der Waals surface area contributed by atoms with E-state index in [4.69, 9.17) is 23.8 Å². The van der Waals surface area contributed by atoms with E-state index in [1.807, 2.05) is 19.9 Å². The number of carbonyl (C=O) groups excluding carboxylic acids is 2. The van der Waals surface area contributed by atoms with Crippen LogP contribution in [-0.4, -0.2) is 16.8 Å². The summed E-state index contributed by atoms with van der Waals surface area (Å²) < 4.78 is 0. The summed E-state index contributed by atoms with van der Waals surface area (Å²) in [5.74, 6) is -0.343. The molecule has 132 valence electrons. The molecule has 0 radical (unpaired) electrons. The fourth-order valence-corrected chi connectivity index (χ4v) is 3.49. The third-order valence-electron chi connectivity index (χ3n) is 3.32. The molecule has 0 bridgehead atoms. The number of hydrogen-bond donors (Lipinski definition) is 3. The van der Waals surface area contributed by atoms with Crippen LogP contribution in [0.25, 0.3) is 0 Å². The average molecular weight is 396 g/mol. The number of thiophene rings is 1. The molecule has 2 rings (SSSR count). The lowest BCUT2D eigenvalue weighted by atomic mass is 10.1. The maximum atomic E-state index is 12.2. The molecule has 0 saturated heterocycles. The van der Waals surface area contributed by atoms with Crippen LogP contribution in [0.1, 0.15) is 33.0 Å². The first-order valence-corrected chi connectivity index (χ1v) is 9.17. The van der Waals surface area contributed by atoms with Gasteiger partial charge in [0.15, 0.2) is 10.9 Å². The Morgan fingerprint density at radius 2 is 1.92 bits per heavy atom. The number of hydrazine groups is 1. The number of carbonyl (C=O) groups is 2. The molecule has 0 fully saturated rings. The minimum Gasteiger partial charge on any atom is -0.331 e. The molecule has 25 heavy (non-hydrogen) atoms. The zero-order chi connectivity index (χ0) is 18.4. The van der Waals surface area contributed by atoms with Crippen LogP contribution in [0, 0.1) is 13.8 Å². The molecule has 2 aromatic rings. The number of ketones is 1. The fraction of sp³-hybridized carbons (Fsp3) is 0.235. The number of amides is 1. The highest BCUT2D eigenvalue weighted by Gasteiger charge is 2.13. The lowest BCUT2D eigenvalue weighted by Crippen LogP contribution is -2.43. The molecule has 0 unspecified atom stereocenters. The van der Waals surface area contributed by atoms with Crippen molar-refractivity contribution in [3.8, 4) is 0 Å². The number of aryl methyl sites for hydroxylation is 2. The van der Waals surface area contributed by atoms with Crippen LogP contribution in [-0.2, 0) is 4.79 Å². The molecular formula is C17H18ClN3O2S2. The molecule has 1 aromatic heterocycles. The van der Waals surface area contributed by atoms with Crippen LogP contribution in [0.15, 0.2) is 30.3 Å². The van der Waals surface area contributed by atoms with Gasteiger partial charge in [0, 0.05) is 38.9 Å². The zero-order valence-corrected chi connectivity index (χ0v) is 16.2. The maximum Gasteiger partial charge on any atom is 0.238 e. The van der Waals surface area contributed by atoms with Crippen molar-refractivity contribution in [1.29, 1.82) is 0 Å². The number of Topliss-reactive ketones (excluding diaryl/α,β-unsaturated/α-hetero) is 1. The molecule has 1 aromatic carbocycles. The molecule has 0 aliphatic rings. The SMILES string of the molecule is Cc1cc(C(=O)CCC(=O)NNC(=S)Nc2cccc(Cl)c2)c(C)s1. The van der Waals surface area contributed by atoms with Crippen LogP contribution in [0.3, 0.4) is 0 Å². The van der Waals surface area contributed by atoms with E-state index in [1.54, 1.807) is 35.6 Å². The van der Waals surface area contributed by atoms with Gasteiger partial charge in [-0.25, -0.2) is 0 Å². The van der Waals surface area contributed by atoms with Crippen molar-refractivity contribution in [2.45, 2.75) is 26.7 Å². The van der Waals surface area contributed by atoms with Gasteiger partial charge in [0.2, 0.25) is 5.91 Å². The quantitative estimate of drug-likeness (QED) is 0.405. The van der Waals surface area contributed by atoms with Crippen molar-refractivity contribution in [3.63, 3.8) is 0 Å². The molecular weight excluding hydrogens is 378 g/mol. The van der Waals surface area contributed by atoms with E-state index in [2.05, 4.69) is 16.2 Å². The first kappa shape index (κ1) is 19.4. The number of halogens is 1. The average Bonchev–Trinajstić information content (AvgIpc) is 2.89. The summed E-state index contributed by atoms with van der Waals surface area (Å²) in [7, 11) is 0. The molecule has 0 saturated carbocycles. The number of nitrogens with one attached hydrogen (secondary N) is 3. The summed E-state index contributed by atoms with van der Waals surface area (Å²) >= 11 is 12.5. The third kappa shape index (κ3) is 6.12. The van der Waals surface area contributed by atoms with Crippen LogP contribution in [0.2, 0.25) is 5.02 Å². The van der Waals surface area contributed by atoms with Crippen molar-refractivity contribution in [2.24, 2.45) is 0 Å². The molecule has 1 amide bonds. The van der Waals surface area contributed by atoms with E-state index < -0.39 is 0 Å². The second-order valence-electron chi connectivity index (χ2n) is 5.39. The van der Waals surface area contributed by atoms with E-state index in [0.29, 0.717) is 16.3 Å². The van der Waals surface area contributed by atoms with Crippen molar-refractivity contribution < 1.29 is 9.59 Å². The molecule has 0 aliphatic carbocycles. The van der Waals surface area contributed by atoms with Gasteiger partial charge >= 0.3 is 0 Å². The Morgan fingerprint density at radius 3 is 2.56 bits per heavy atom. The first-order chi connectivity index (χ1) is 11.8. The number of rotatable bonds is 5. The Balaban J connectivity index is 1.74. The molecule has 0 spiro atoms. The van der Waals surface area contributed by atoms with Gasteiger partial charge in [0.1, 0.15) is 0 Å². The monoisotopic (exact) mass is 395 g/mol. The maximum absolute atomic E-state index is 12.2. The van der Waals surface area contributed by atoms with E-state index in [-0.39, 0.29) is 29.6 Å². The largest absolute Gasteiger partial charge is 0.331 e. The summed E-state index contributed by atoms with van der Waals surface area (Å²) in [5.41, 5.74) is 6.47. The van der Waals surface area contributed by atoms with Gasteiger partial charge in [-0.3, -0.25) is 20.4 Å². The summed E-state index contributed by atoms with van der Waals surface area (Å²) in [6.45, 7) is 3.87. The summed E-state index contributed by atoms with van der Waals surface area (Å²) in [4.78, 5) is 26.1. The Morgan fingerprint density at radius 1 is 1.16 bits per heavy atom. The summed E-state index contributed by atoms with van der Waals surface area (Å²) in [6, 6.07) is 8.90. The Labute approximate surface area is 160 Å². The normalized spacial score (nSPS) is 10.2. The third-order valence-corrected chi connectivity index (χ3v) is 4.72. The van der Waals surface area contributed by atoms with Gasteiger partial charge in [0.25, 0.3) is 0 Å². The van der Waals surface area contributed by atoms with Gasteiger partial charge in [-0.1, -0.05) is 17.7 Å². The van der Waals surface area contributed by atoms with Crippen molar-refractivity contribution >= 4 is 57.6 Å². The van der Waals surface area contributed by atoms with Gasteiger partial charge in [-0.2, -0.15) is 0 Å². The van der Waals surface area contributed by atoms with Gasteiger partial charge < -0.3 is 5.32 Å². The van der Waals surface area contributed by atoms with E-state index in [9.17, 15) is 9.59 Å². The molecule has 1 heterocycles. The predicted octanol–water partition coefficient (Wildman–Crippen LogP) is 4.00. The standard InChI is InChI=1S/C17H18ClN3O2S2/c1-10-8-14(11(2)25-10)15(22)6-7-16(23)20-21-17(24)19-13-5-3-4-12(18)9-13/h3-5,8-9H,6-7H2,1-2H3,(H,20,23)(H2,19,21,24). The molecule has 8 heteroatoms. The smallest absolute Gasteiger partial charge is 0.238 e. The zero-order valence-electron chi connectivity index (χ0n) is 13.8. The summed E-state index contributed by atoms with van der Waals surface area (Å²) in [6.07, 6.45) is 0.235. The van der Waals surface area contributed by atoms with Crippen LogP contribution >= 0.6 is 35.2 Å². The Kier molecular flexibility index (Phi) is 6.92. The highest BCUT2D eigenvalue weighted by Crippen LogP contribution is 2.22. The minimum absolute atomic E-state index is 0.0309. The predicted molar refractivity (Wildman–Crippen MR) is 106 cm³/mol. The molecule has 0 aliphatic heterocycles. The van der Waals surface area contributed by atoms with E-state index >= 15 is 0 Å². The number of thiocarbonyl (C=S) groups is 1. The fourth-order valence-electron chi connectivity index (χ4n) is 2.19. The van der Waals surface area contributed by atoms with E-state index in [0.717, 1.165) is 9.75 Å². The van der Waals surface area contributed by atoms with Crippen LogP contribution < -0.4 is 16.2 Å². The van der Waals surface area contributed by atoms with Gasteiger partial charge in [0.05, 0.1) is 0 Å². The number of hydrogen-bond acceptors (Lipinski definition) is 4. The molecule has 3 N–H and O–H groups in total. The highest BCUT2D eigenvalue weighted by molar-refractivity contribution is 7.80. The lowest BCUT2D eigenvalue weighted by molar-refractivity contribution is -0.121. The number of anilines is 1. The van der Waals surface area contributed by atoms with Crippen molar-refractivity contribution in [2.75, 3.05) is 5.32 Å². The first-order valence-electron chi connectivity index (χ1n) is 7.57. The lowest BCUT2D eigenvalue weighted by Gasteiger charge is -2.11. The summed E-state index contributed by atoms with van der Waals surface area (Å²) in [5, 5.41) is 3.70. The van der Waals surface area contributed by atoms with Crippen molar-refractivity contribution in [3.05, 3.63) is 50.7 Å². The minimum atomic E-state index is -0.312. The van der Waals surface area contributed by atoms with Crippen molar-refractivity contribution in [1.82, 2.24) is 10.9 Å². The second-order valence-corrected chi connectivity index (χ2v) is 7.69. The van der Waals surface area contributed by atoms with Crippen LogP contribution in [0.5, 0.6) is 0 Å². The Hall–Kier alpha value is -1.96. The van der Waals surface area contributed by atoms with Gasteiger partial charge in [-0.15, -0.1) is 11.3 Å². The van der Waals surface area contributed by atoms with Crippen LogP contribution in [0.4, 0.5) is 5.69 Å². The second kappa shape index (κ2) is 8.94. The van der Waals surface area contributed by atoms with E-state index in [1.165, 1.54) is 0 Å². The van der Waals surface area contributed by atoms with Gasteiger partial charge in [-0.05, 0) is 50.3 Å². The highest BCUT2D eigenvalue weighted by atomic mass is 35.5. The molecule has 5 nitrogen and oxygen atoms in total. The molecule has 0 atom stereocenters. The Bertz CT molecular complexity index is 805. The topological polar surface area (TPSA) is 70.2 Å².